The fourth-order valence-electron chi connectivity index (χ4n) is 3.15. The Morgan fingerprint density at radius 2 is 2.00 bits per heavy atom. The third-order valence-corrected chi connectivity index (χ3v) is 4.71. The average molecular weight is 354 g/mol. The van der Waals surface area contributed by atoms with Crippen LogP contribution in [0.5, 0.6) is 0 Å². The molecule has 6 heteroatoms. The standard InChI is InChI=1S/C20H22N2O4/c1-12-4-5-13(2)16(8-12)18-10-22(14(3)11-26-18)19(23)15-6-7-17(20(24)25)21-9-15/h4-9,14,18H,10-11H2,1-3H3,(H,24,25). The molecule has 2 aromatic rings. The lowest BCUT2D eigenvalue weighted by Crippen LogP contribution is -2.48. The molecular weight excluding hydrogens is 332 g/mol. The van der Waals surface area contributed by atoms with E-state index in [2.05, 4.69) is 23.2 Å². The normalized spacial score (nSPS) is 20.0. The van der Waals surface area contributed by atoms with Crippen molar-refractivity contribution in [3.63, 3.8) is 0 Å². The summed E-state index contributed by atoms with van der Waals surface area (Å²) in [6, 6.07) is 9.01. The van der Waals surface area contributed by atoms with Gasteiger partial charge in [0.25, 0.3) is 5.91 Å². The number of morpholine rings is 1. The van der Waals surface area contributed by atoms with E-state index in [0.29, 0.717) is 18.7 Å². The van der Waals surface area contributed by atoms with E-state index in [1.165, 1.54) is 18.3 Å². The third kappa shape index (κ3) is 3.60. The van der Waals surface area contributed by atoms with Crippen molar-refractivity contribution in [2.45, 2.75) is 32.9 Å². The van der Waals surface area contributed by atoms with Gasteiger partial charge in [-0.15, -0.1) is 0 Å². The van der Waals surface area contributed by atoms with Gasteiger partial charge in [0, 0.05) is 6.20 Å². The van der Waals surface area contributed by atoms with Crippen molar-refractivity contribution < 1.29 is 19.4 Å². The Kier molecular flexibility index (Phi) is 5.04. The first kappa shape index (κ1) is 18.1. The summed E-state index contributed by atoms with van der Waals surface area (Å²) in [6.07, 6.45) is 1.14. The smallest absolute Gasteiger partial charge is 0.354 e. The quantitative estimate of drug-likeness (QED) is 0.916. The number of aromatic nitrogens is 1. The van der Waals surface area contributed by atoms with E-state index in [0.717, 1.165) is 16.7 Å². The number of carbonyl (C=O) groups is 2. The van der Waals surface area contributed by atoms with Crippen LogP contribution < -0.4 is 0 Å². The lowest BCUT2D eigenvalue weighted by Gasteiger charge is -2.38. The lowest BCUT2D eigenvalue weighted by molar-refractivity contribution is -0.0489. The van der Waals surface area contributed by atoms with Gasteiger partial charge in [-0.1, -0.05) is 23.8 Å². The highest BCUT2D eigenvalue weighted by atomic mass is 16.5. The number of aromatic carboxylic acids is 1. The van der Waals surface area contributed by atoms with E-state index >= 15 is 0 Å². The van der Waals surface area contributed by atoms with Gasteiger partial charge in [0.15, 0.2) is 0 Å². The molecule has 1 aliphatic heterocycles. The number of benzene rings is 1. The van der Waals surface area contributed by atoms with E-state index in [1.54, 1.807) is 4.90 Å². The lowest BCUT2D eigenvalue weighted by atomic mass is 9.98. The molecule has 1 saturated heterocycles. The molecule has 1 N–H and O–H groups in total. The summed E-state index contributed by atoms with van der Waals surface area (Å²) in [4.78, 5) is 29.4. The Bertz CT molecular complexity index is 832. The molecule has 1 aliphatic rings. The number of carboxylic acids is 1. The summed E-state index contributed by atoms with van der Waals surface area (Å²) in [5, 5.41) is 8.94. The highest BCUT2D eigenvalue weighted by Crippen LogP contribution is 2.29. The maximum atomic E-state index is 12.9. The molecule has 1 amide bonds. The average Bonchev–Trinajstić information content (AvgIpc) is 2.64. The van der Waals surface area contributed by atoms with Gasteiger partial charge < -0.3 is 14.7 Å². The zero-order valence-electron chi connectivity index (χ0n) is 15.1. The first-order valence-electron chi connectivity index (χ1n) is 8.56. The van der Waals surface area contributed by atoms with Gasteiger partial charge in [-0.05, 0) is 44.0 Å². The van der Waals surface area contributed by atoms with Crippen LogP contribution in [0.25, 0.3) is 0 Å². The van der Waals surface area contributed by atoms with Crippen molar-refractivity contribution in [3.8, 4) is 0 Å². The van der Waals surface area contributed by atoms with Gasteiger partial charge in [-0.3, -0.25) is 4.79 Å². The zero-order chi connectivity index (χ0) is 18.8. The van der Waals surface area contributed by atoms with E-state index in [-0.39, 0.29) is 23.7 Å². The number of nitrogens with zero attached hydrogens (tertiary/aromatic N) is 2. The molecule has 3 rings (SSSR count). The zero-order valence-corrected chi connectivity index (χ0v) is 15.1. The number of aryl methyl sites for hydroxylation is 2. The second-order valence-corrected chi connectivity index (χ2v) is 6.73. The van der Waals surface area contributed by atoms with E-state index < -0.39 is 5.97 Å². The van der Waals surface area contributed by atoms with Crippen LogP contribution in [0, 0.1) is 13.8 Å². The van der Waals surface area contributed by atoms with Crippen molar-refractivity contribution in [2.24, 2.45) is 0 Å². The number of carboxylic acid groups (broad SMARTS) is 1. The van der Waals surface area contributed by atoms with Gasteiger partial charge in [-0.2, -0.15) is 0 Å². The molecule has 2 unspecified atom stereocenters. The summed E-state index contributed by atoms with van der Waals surface area (Å²) in [7, 11) is 0. The van der Waals surface area contributed by atoms with Crippen molar-refractivity contribution in [1.82, 2.24) is 9.88 Å². The summed E-state index contributed by atoms with van der Waals surface area (Å²) in [5.74, 6) is -1.28. The van der Waals surface area contributed by atoms with E-state index in [4.69, 9.17) is 9.84 Å². The Balaban J connectivity index is 1.82. The minimum absolute atomic E-state index is 0.0667. The SMILES string of the molecule is Cc1ccc(C)c(C2CN(C(=O)c3ccc(C(=O)O)nc3)C(C)CO2)c1. The van der Waals surface area contributed by atoms with Crippen LogP contribution in [0.4, 0.5) is 0 Å². The number of hydrogen-bond donors (Lipinski definition) is 1. The van der Waals surface area contributed by atoms with Crippen molar-refractivity contribution in [1.29, 1.82) is 0 Å². The number of amides is 1. The molecule has 136 valence electrons. The van der Waals surface area contributed by atoms with Crippen LogP contribution in [0.3, 0.4) is 0 Å². The second-order valence-electron chi connectivity index (χ2n) is 6.73. The van der Waals surface area contributed by atoms with Crippen molar-refractivity contribution in [3.05, 3.63) is 64.5 Å². The third-order valence-electron chi connectivity index (χ3n) is 4.71. The second kappa shape index (κ2) is 7.25. The Labute approximate surface area is 152 Å². The number of rotatable bonds is 3. The Morgan fingerprint density at radius 3 is 2.65 bits per heavy atom. The molecule has 2 heterocycles. The number of ether oxygens (including phenoxy) is 1. The summed E-state index contributed by atoms with van der Waals surface area (Å²) < 4.78 is 5.99. The van der Waals surface area contributed by atoms with Gasteiger partial charge in [-0.25, -0.2) is 9.78 Å². The molecule has 1 fully saturated rings. The van der Waals surface area contributed by atoms with Gasteiger partial charge in [0.1, 0.15) is 11.8 Å². The minimum atomic E-state index is -1.11. The molecule has 26 heavy (non-hydrogen) atoms. The van der Waals surface area contributed by atoms with Crippen LogP contribution in [0.1, 0.15) is 50.6 Å². The Hall–Kier alpha value is -2.73. The van der Waals surface area contributed by atoms with Gasteiger partial charge in [0.2, 0.25) is 0 Å². The van der Waals surface area contributed by atoms with Crippen molar-refractivity contribution >= 4 is 11.9 Å². The van der Waals surface area contributed by atoms with Crippen LogP contribution in [-0.2, 0) is 4.74 Å². The van der Waals surface area contributed by atoms with Gasteiger partial charge >= 0.3 is 5.97 Å². The van der Waals surface area contributed by atoms with Crippen LogP contribution >= 0.6 is 0 Å². The van der Waals surface area contributed by atoms with Crippen LogP contribution in [-0.4, -0.2) is 46.1 Å². The summed E-state index contributed by atoms with van der Waals surface area (Å²) in [6.45, 7) is 6.91. The molecule has 0 spiro atoms. The molecule has 6 nitrogen and oxygen atoms in total. The molecule has 1 aromatic heterocycles. The molecule has 0 saturated carbocycles. The fraction of sp³-hybridized carbons (Fsp3) is 0.350. The number of pyridine rings is 1. The Morgan fingerprint density at radius 1 is 1.23 bits per heavy atom. The fourth-order valence-corrected chi connectivity index (χ4v) is 3.15. The molecule has 0 bridgehead atoms. The monoisotopic (exact) mass is 354 g/mol. The number of carbonyl (C=O) groups excluding carboxylic acids is 1. The van der Waals surface area contributed by atoms with Crippen molar-refractivity contribution in [2.75, 3.05) is 13.2 Å². The minimum Gasteiger partial charge on any atom is -0.477 e. The molecule has 1 aromatic carbocycles. The first-order valence-corrected chi connectivity index (χ1v) is 8.56. The van der Waals surface area contributed by atoms with Crippen LogP contribution in [0.15, 0.2) is 36.5 Å². The van der Waals surface area contributed by atoms with E-state index in [1.807, 2.05) is 20.8 Å². The summed E-state index contributed by atoms with van der Waals surface area (Å²) in [5.41, 5.74) is 3.68. The largest absolute Gasteiger partial charge is 0.477 e. The highest BCUT2D eigenvalue weighted by Gasteiger charge is 2.32. The topological polar surface area (TPSA) is 79.7 Å². The summed E-state index contributed by atoms with van der Waals surface area (Å²) >= 11 is 0. The highest BCUT2D eigenvalue weighted by molar-refractivity contribution is 5.95. The van der Waals surface area contributed by atoms with Gasteiger partial charge in [0.05, 0.1) is 24.8 Å². The predicted molar refractivity (Wildman–Crippen MR) is 96.3 cm³/mol. The molecule has 2 atom stereocenters. The molecule has 0 aliphatic carbocycles. The maximum Gasteiger partial charge on any atom is 0.354 e. The van der Waals surface area contributed by atoms with Crippen LogP contribution in [0.2, 0.25) is 0 Å². The maximum absolute atomic E-state index is 12.9. The predicted octanol–water partition coefficient (Wildman–Crippen LogP) is 3.00. The molecular formula is C20H22N2O4. The number of hydrogen-bond acceptors (Lipinski definition) is 4. The molecule has 0 radical (unpaired) electrons. The first-order chi connectivity index (χ1) is 12.4. The van der Waals surface area contributed by atoms with E-state index in [9.17, 15) is 9.59 Å².